The molecular formula is C19H24N2O3. The van der Waals surface area contributed by atoms with Gasteiger partial charge < -0.3 is 14.1 Å². The van der Waals surface area contributed by atoms with Gasteiger partial charge >= 0.3 is 0 Å². The number of rotatable bonds is 5. The molecule has 0 spiro atoms. The highest BCUT2D eigenvalue weighted by Crippen LogP contribution is 2.37. The van der Waals surface area contributed by atoms with Crippen molar-refractivity contribution < 1.29 is 13.9 Å². The third kappa shape index (κ3) is 3.22. The van der Waals surface area contributed by atoms with E-state index >= 15 is 0 Å². The minimum Gasteiger partial charge on any atom is -0.442 e. The molecule has 1 aliphatic rings. The summed E-state index contributed by atoms with van der Waals surface area (Å²) in [4.78, 5) is 18.9. The van der Waals surface area contributed by atoms with Gasteiger partial charge in [-0.1, -0.05) is 44.2 Å². The summed E-state index contributed by atoms with van der Waals surface area (Å²) in [5.74, 6) is 1.73. The van der Waals surface area contributed by atoms with Gasteiger partial charge in [0.15, 0.2) is 0 Å². The van der Waals surface area contributed by atoms with Crippen LogP contribution in [0.2, 0.25) is 0 Å². The highest BCUT2D eigenvalue weighted by atomic mass is 16.5. The van der Waals surface area contributed by atoms with Crippen molar-refractivity contribution in [2.75, 3.05) is 20.3 Å². The summed E-state index contributed by atoms with van der Waals surface area (Å²) in [6.07, 6.45) is 1.84. The van der Waals surface area contributed by atoms with Gasteiger partial charge in [-0.3, -0.25) is 4.79 Å². The first-order chi connectivity index (χ1) is 11.6. The fourth-order valence-electron chi connectivity index (χ4n) is 3.21. The molecule has 24 heavy (non-hydrogen) atoms. The van der Waals surface area contributed by atoms with Crippen LogP contribution in [0.4, 0.5) is 0 Å². The van der Waals surface area contributed by atoms with Gasteiger partial charge in [0.1, 0.15) is 24.1 Å². The van der Waals surface area contributed by atoms with Crippen LogP contribution in [-0.4, -0.2) is 36.1 Å². The van der Waals surface area contributed by atoms with E-state index in [4.69, 9.17) is 14.1 Å². The van der Waals surface area contributed by atoms with Crippen LogP contribution in [0, 0.1) is 0 Å². The van der Waals surface area contributed by atoms with E-state index in [-0.39, 0.29) is 24.5 Å². The van der Waals surface area contributed by atoms with Gasteiger partial charge in [-0.2, -0.15) is 0 Å². The predicted molar refractivity (Wildman–Crippen MR) is 91.6 cm³/mol. The molecule has 1 aromatic heterocycles. The SMILES string of the molecule is COCC(=O)N1CCCC1c1nc(-c2ccccc2)c(C(C)C)o1. The fourth-order valence-corrected chi connectivity index (χ4v) is 3.21. The Morgan fingerprint density at radius 2 is 2.12 bits per heavy atom. The lowest BCUT2D eigenvalue weighted by Gasteiger charge is -2.21. The number of likely N-dealkylation sites (tertiary alicyclic amines) is 1. The molecule has 2 heterocycles. The molecule has 1 aliphatic heterocycles. The molecule has 1 amide bonds. The van der Waals surface area contributed by atoms with Gasteiger partial charge in [-0.15, -0.1) is 0 Å². The molecule has 0 saturated carbocycles. The molecule has 5 nitrogen and oxygen atoms in total. The first-order valence-corrected chi connectivity index (χ1v) is 8.46. The molecule has 0 bridgehead atoms. The first-order valence-electron chi connectivity index (χ1n) is 8.46. The lowest BCUT2D eigenvalue weighted by Crippen LogP contribution is -2.33. The van der Waals surface area contributed by atoms with E-state index in [1.807, 2.05) is 35.2 Å². The summed E-state index contributed by atoms with van der Waals surface area (Å²) in [5.41, 5.74) is 1.93. The van der Waals surface area contributed by atoms with Crippen LogP contribution in [0.15, 0.2) is 34.7 Å². The molecule has 0 N–H and O–H groups in total. The molecule has 1 aromatic carbocycles. The van der Waals surface area contributed by atoms with Crippen molar-refractivity contribution >= 4 is 5.91 Å². The van der Waals surface area contributed by atoms with Crippen LogP contribution >= 0.6 is 0 Å². The smallest absolute Gasteiger partial charge is 0.249 e. The summed E-state index contributed by atoms with van der Waals surface area (Å²) < 4.78 is 11.1. The van der Waals surface area contributed by atoms with Gasteiger partial charge in [0.25, 0.3) is 0 Å². The van der Waals surface area contributed by atoms with Crippen molar-refractivity contribution in [2.45, 2.75) is 38.6 Å². The maximum absolute atomic E-state index is 12.3. The molecule has 5 heteroatoms. The van der Waals surface area contributed by atoms with E-state index in [2.05, 4.69) is 13.8 Å². The molecule has 1 unspecified atom stereocenters. The maximum atomic E-state index is 12.3. The largest absolute Gasteiger partial charge is 0.442 e. The second kappa shape index (κ2) is 7.18. The minimum atomic E-state index is -0.0948. The second-order valence-electron chi connectivity index (χ2n) is 6.46. The summed E-state index contributed by atoms with van der Waals surface area (Å²) in [7, 11) is 1.54. The number of amides is 1. The first kappa shape index (κ1) is 16.7. The topological polar surface area (TPSA) is 55.6 Å². The molecule has 1 atom stereocenters. The zero-order chi connectivity index (χ0) is 17.1. The van der Waals surface area contributed by atoms with Gasteiger partial charge in [0.05, 0.1) is 0 Å². The number of nitrogens with zero attached hydrogens (tertiary/aromatic N) is 2. The van der Waals surface area contributed by atoms with E-state index in [0.717, 1.165) is 36.4 Å². The van der Waals surface area contributed by atoms with E-state index in [0.29, 0.717) is 5.89 Å². The van der Waals surface area contributed by atoms with Crippen LogP contribution in [0.25, 0.3) is 11.3 Å². The zero-order valence-electron chi connectivity index (χ0n) is 14.5. The number of carbonyl (C=O) groups excluding carboxylic acids is 1. The van der Waals surface area contributed by atoms with Crippen LogP contribution in [-0.2, 0) is 9.53 Å². The summed E-state index contributed by atoms with van der Waals surface area (Å²) >= 11 is 0. The third-order valence-corrected chi connectivity index (χ3v) is 4.37. The second-order valence-corrected chi connectivity index (χ2v) is 6.46. The summed E-state index contributed by atoms with van der Waals surface area (Å²) in [6.45, 7) is 5.02. The van der Waals surface area contributed by atoms with Crippen molar-refractivity contribution in [2.24, 2.45) is 0 Å². The number of ether oxygens (including phenoxy) is 1. The van der Waals surface area contributed by atoms with Crippen molar-refractivity contribution in [1.29, 1.82) is 0 Å². The van der Waals surface area contributed by atoms with Crippen LogP contribution < -0.4 is 0 Å². The van der Waals surface area contributed by atoms with E-state index in [1.54, 1.807) is 7.11 Å². The molecule has 0 aliphatic carbocycles. The lowest BCUT2D eigenvalue weighted by molar-refractivity contribution is -0.136. The molecule has 1 saturated heterocycles. The molecule has 128 valence electrons. The number of carbonyl (C=O) groups is 1. The Hall–Kier alpha value is -2.14. The number of benzene rings is 1. The molecule has 2 aromatic rings. The van der Waals surface area contributed by atoms with E-state index in [9.17, 15) is 4.79 Å². The van der Waals surface area contributed by atoms with Crippen LogP contribution in [0.5, 0.6) is 0 Å². The number of oxazole rings is 1. The van der Waals surface area contributed by atoms with Gasteiger partial charge in [-0.25, -0.2) is 4.98 Å². The van der Waals surface area contributed by atoms with Crippen LogP contribution in [0.1, 0.15) is 50.3 Å². The quantitative estimate of drug-likeness (QED) is 0.838. The highest BCUT2D eigenvalue weighted by molar-refractivity contribution is 5.78. The maximum Gasteiger partial charge on any atom is 0.249 e. The average molecular weight is 328 g/mol. The number of hydrogen-bond donors (Lipinski definition) is 0. The summed E-state index contributed by atoms with van der Waals surface area (Å²) in [6, 6.07) is 9.96. The predicted octanol–water partition coefficient (Wildman–Crippen LogP) is 3.77. The number of aromatic nitrogens is 1. The lowest BCUT2D eigenvalue weighted by atomic mass is 10.0. The van der Waals surface area contributed by atoms with Crippen molar-refractivity contribution in [3.63, 3.8) is 0 Å². The van der Waals surface area contributed by atoms with E-state index in [1.165, 1.54) is 0 Å². The van der Waals surface area contributed by atoms with Crippen molar-refractivity contribution in [3.05, 3.63) is 42.0 Å². The van der Waals surface area contributed by atoms with Crippen molar-refractivity contribution in [1.82, 2.24) is 9.88 Å². The Kier molecular flexibility index (Phi) is 5.00. The monoisotopic (exact) mass is 328 g/mol. The Bertz CT molecular complexity index is 694. The van der Waals surface area contributed by atoms with Gasteiger partial charge in [-0.05, 0) is 12.8 Å². The molecular weight excluding hydrogens is 304 g/mol. The average Bonchev–Trinajstić information content (AvgIpc) is 3.22. The molecule has 0 radical (unpaired) electrons. The fraction of sp³-hybridized carbons (Fsp3) is 0.474. The number of hydrogen-bond acceptors (Lipinski definition) is 4. The number of methoxy groups -OCH3 is 1. The summed E-state index contributed by atoms with van der Waals surface area (Å²) in [5, 5.41) is 0. The van der Waals surface area contributed by atoms with Gasteiger partial charge in [0.2, 0.25) is 11.8 Å². The minimum absolute atomic E-state index is 0.00874. The Labute approximate surface area is 142 Å². The Balaban J connectivity index is 1.95. The third-order valence-electron chi connectivity index (χ3n) is 4.37. The van der Waals surface area contributed by atoms with Crippen molar-refractivity contribution in [3.8, 4) is 11.3 Å². The normalized spacial score (nSPS) is 17.7. The Morgan fingerprint density at radius 3 is 2.79 bits per heavy atom. The van der Waals surface area contributed by atoms with Crippen LogP contribution in [0.3, 0.4) is 0 Å². The zero-order valence-corrected chi connectivity index (χ0v) is 14.5. The van der Waals surface area contributed by atoms with Gasteiger partial charge in [0, 0.05) is 25.1 Å². The Morgan fingerprint density at radius 1 is 1.38 bits per heavy atom. The standard InChI is InChI=1S/C19H24N2O3/c1-13(2)18-17(14-8-5-4-6-9-14)20-19(24-18)15-10-7-11-21(15)16(22)12-23-3/h4-6,8-9,13,15H,7,10-12H2,1-3H3. The highest BCUT2D eigenvalue weighted by Gasteiger charge is 2.34. The molecule has 1 fully saturated rings. The molecule has 3 rings (SSSR count). The van der Waals surface area contributed by atoms with E-state index < -0.39 is 0 Å².